The Morgan fingerprint density at radius 2 is 1.46 bits per heavy atom. The molecule has 1 aliphatic rings. The van der Waals surface area contributed by atoms with Crippen LogP contribution in [-0.4, -0.2) is 23.7 Å². The van der Waals surface area contributed by atoms with E-state index in [1.165, 1.54) is 44.9 Å². The molecule has 26 heavy (non-hydrogen) atoms. The molecular weight excluding hydrogens is 328 g/mol. The van der Waals surface area contributed by atoms with E-state index in [0.29, 0.717) is 19.4 Å². The summed E-state index contributed by atoms with van der Waals surface area (Å²) in [6, 6.07) is 0. The first-order valence-corrected chi connectivity index (χ1v) is 10.7. The number of esters is 1. The highest BCUT2D eigenvalue weighted by Crippen LogP contribution is 2.31. The summed E-state index contributed by atoms with van der Waals surface area (Å²) in [7, 11) is 0. The summed E-state index contributed by atoms with van der Waals surface area (Å²) in [6.07, 6.45) is 19.6. The normalized spacial score (nSPS) is 20.3. The van der Waals surface area contributed by atoms with E-state index in [1.807, 2.05) is 0 Å². The first-order chi connectivity index (χ1) is 12.7. The number of hydrogen-bond donors (Lipinski definition) is 1. The second-order valence-corrected chi connectivity index (χ2v) is 7.50. The molecule has 1 aliphatic carbocycles. The largest absolute Gasteiger partial charge is 0.481 e. The lowest BCUT2D eigenvalue weighted by atomic mass is 9.79. The third-order valence-electron chi connectivity index (χ3n) is 5.30. The van der Waals surface area contributed by atoms with Crippen molar-refractivity contribution in [3.8, 4) is 0 Å². The van der Waals surface area contributed by atoms with Crippen molar-refractivity contribution in [3.05, 3.63) is 12.2 Å². The Kier molecular flexibility index (Phi) is 12.9. The van der Waals surface area contributed by atoms with Gasteiger partial charge in [0.25, 0.3) is 0 Å². The van der Waals surface area contributed by atoms with Crippen LogP contribution in [0.2, 0.25) is 0 Å². The Bertz CT molecular complexity index is 416. The zero-order valence-electron chi connectivity index (χ0n) is 16.6. The molecule has 1 fully saturated rings. The molecule has 0 saturated heterocycles. The summed E-state index contributed by atoms with van der Waals surface area (Å²) in [6.45, 7) is 2.60. The molecule has 1 rings (SSSR count). The summed E-state index contributed by atoms with van der Waals surface area (Å²) in [4.78, 5) is 23.4. The predicted octanol–water partition coefficient (Wildman–Crippen LogP) is 5.90. The number of carbonyl (C=O) groups excluding carboxylic acids is 1. The van der Waals surface area contributed by atoms with Gasteiger partial charge in [-0.2, -0.15) is 0 Å². The molecule has 0 aromatic rings. The number of carboxylic acid groups (broad SMARTS) is 1. The zero-order chi connectivity index (χ0) is 19.0. The van der Waals surface area contributed by atoms with Crippen molar-refractivity contribution in [2.75, 3.05) is 6.61 Å². The van der Waals surface area contributed by atoms with Crippen LogP contribution in [0.25, 0.3) is 0 Å². The average molecular weight is 367 g/mol. The molecule has 1 N–H and O–H groups in total. The van der Waals surface area contributed by atoms with Crippen LogP contribution < -0.4 is 0 Å². The molecule has 0 aliphatic heterocycles. The van der Waals surface area contributed by atoms with Gasteiger partial charge in [0.15, 0.2) is 0 Å². The number of ether oxygens (including phenoxy) is 1. The van der Waals surface area contributed by atoms with Crippen LogP contribution in [-0.2, 0) is 14.3 Å². The fraction of sp³-hybridized carbons (Fsp3) is 0.818. The van der Waals surface area contributed by atoms with E-state index in [4.69, 9.17) is 4.74 Å². The Morgan fingerprint density at radius 3 is 2.08 bits per heavy atom. The predicted molar refractivity (Wildman–Crippen MR) is 105 cm³/mol. The number of carboxylic acids is 1. The second kappa shape index (κ2) is 14.8. The maximum Gasteiger partial charge on any atom is 0.309 e. The summed E-state index contributed by atoms with van der Waals surface area (Å²) < 4.78 is 5.35. The molecular formula is C22H38O4. The minimum atomic E-state index is -0.854. The second-order valence-electron chi connectivity index (χ2n) is 7.50. The van der Waals surface area contributed by atoms with Gasteiger partial charge in [-0.15, -0.1) is 0 Å². The van der Waals surface area contributed by atoms with Gasteiger partial charge in [-0.3, -0.25) is 9.59 Å². The Balaban J connectivity index is 1.96. The third kappa shape index (κ3) is 9.98. The first-order valence-electron chi connectivity index (χ1n) is 10.7. The van der Waals surface area contributed by atoms with Gasteiger partial charge in [0.2, 0.25) is 0 Å². The van der Waals surface area contributed by atoms with Crippen molar-refractivity contribution in [2.24, 2.45) is 11.8 Å². The molecule has 1 saturated carbocycles. The van der Waals surface area contributed by atoms with Crippen molar-refractivity contribution in [2.45, 2.75) is 96.8 Å². The molecule has 0 spiro atoms. The Morgan fingerprint density at radius 1 is 0.885 bits per heavy atom. The summed E-state index contributed by atoms with van der Waals surface area (Å²) in [5, 5.41) is 9.23. The smallest absolute Gasteiger partial charge is 0.309 e. The highest BCUT2D eigenvalue weighted by atomic mass is 16.5. The van der Waals surface area contributed by atoms with Gasteiger partial charge in [-0.25, -0.2) is 0 Å². The fourth-order valence-corrected chi connectivity index (χ4v) is 3.70. The van der Waals surface area contributed by atoms with Crippen LogP contribution in [0.3, 0.4) is 0 Å². The molecule has 0 aromatic carbocycles. The molecule has 2 atom stereocenters. The van der Waals surface area contributed by atoms with E-state index in [1.54, 1.807) is 0 Å². The van der Waals surface area contributed by atoms with Gasteiger partial charge in [0.1, 0.15) is 0 Å². The first kappa shape index (κ1) is 22.7. The number of allylic oxidation sites excluding steroid dienone is 2. The highest BCUT2D eigenvalue weighted by Gasteiger charge is 2.36. The number of aliphatic carboxylic acids is 1. The van der Waals surface area contributed by atoms with Crippen LogP contribution in [0, 0.1) is 11.8 Å². The van der Waals surface area contributed by atoms with E-state index >= 15 is 0 Å². The van der Waals surface area contributed by atoms with Gasteiger partial charge in [-0.05, 0) is 38.5 Å². The van der Waals surface area contributed by atoms with Crippen LogP contribution in [0.5, 0.6) is 0 Å². The van der Waals surface area contributed by atoms with Crippen molar-refractivity contribution < 1.29 is 19.4 Å². The summed E-state index contributed by atoms with van der Waals surface area (Å²) in [5.41, 5.74) is 0. The summed E-state index contributed by atoms with van der Waals surface area (Å²) in [5.74, 6) is -2.13. The summed E-state index contributed by atoms with van der Waals surface area (Å²) >= 11 is 0. The topological polar surface area (TPSA) is 63.6 Å². The Labute approximate surface area is 159 Å². The number of unbranched alkanes of at least 4 members (excludes halogenated alkanes) is 8. The lowest BCUT2D eigenvalue weighted by molar-refractivity contribution is -0.159. The fourth-order valence-electron chi connectivity index (χ4n) is 3.70. The molecule has 0 radical (unpaired) electrons. The Hall–Kier alpha value is -1.32. The monoisotopic (exact) mass is 366 g/mol. The number of carbonyl (C=O) groups is 2. The molecule has 0 aromatic heterocycles. The van der Waals surface area contributed by atoms with Crippen molar-refractivity contribution in [1.82, 2.24) is 0 Å². The maximum atomic E-state index is 12.1. The van der Waals surface area contributed by atoms with Crippen molar-refractivity contribution in [3.63, 3.8) is 0 Å². The minimum absolute atomic E-state index is 0.297. The van der Waals surface area contributed by atoms with Gasteiger partial charge in [-0.1, -0.05) is 70.4 Å². The molecule has 4 heteroatoms. The van der Waals surface area contributed by atoms with E-state index in [-0.39, 0.29) is 5.97 Å². The molecule has 2 unspecified atom stereocenters. The van der Waals surface area contributed by atoms with Gasteiger partial charge < -0.3 is 9.84 Å². The van der Waals surface area contributed by atoms with Crippen molar-refractivity contribution >= 4 is 11.9 Å². The van der Waals surface area contributed by atoms with Gasteiger partial charge in [0.05, 0.1) is 18.4 Å². The van der Waals surface area contributed by atoms with Gasteiger partial charge >= 0.3 is 11.9 Å². The average Bonchev–Trinajstić information content (AvgIpc) is 2.65. The molecule has 4 nitrogen and oxygen atoms in total. The molecule has 0 heterocycles. The van der Waals surface area contributed by atoms with Crippen LogP contribution in [0.4, 0.5) is 0 Å². The molecule has 150 valence electrons. The van der Waals surface area contributed by atoms with Gasteiger partial charge in [0, 0.05) is 0 Å². The maximum absolute atomic E-state index is 12.1. The standard InChI is InChI=1S/C22H38O4/c1-2-3-4-5-6-7-8-9-10-11-12-15-18-26-22(25)20-17-14-13-16-19(20)21(23)24/h3-4,19-20H,2,5-18H2,1H3,(H,23,24)/b4-3+. The molecule has 0 bridgehead atoms. The van der Waals surface area contributed by atoms with Crippen molar-refractivity contribution in [1.29, 1.82) is 0 Å². The van der Waals surface area contributed by atoms with Crippen LogP contribution in [0.1, 0.15) is 96.8 Å². The lowest BCUT2D eigenvalue weighted by Crippen LogP contribution is -2.33. The van der Waals surface area contributed by atoms with E-state index in [2.05, 4.69) is 19.1 Å². The number of rotatable bonds is 14. The SMILES string of the molecule is CC/C=C/CCCCCCCCCCOC(=O)C1CCCCC1C(=O)O. The quantitative estimate of drug-likeness (QED) is 0.236. The zero-order valence-corrected chi connectivity index (χ0v) is 16.6. The van der Waals surface area contributed by atoms with E-state index in [9.17, 15) is 14.7 Å². The number of hydrogen-bond acceptors (Lipinski definition) is 3. The highest BCUT2D eigenvalue weighted by molar-refractivity contribution is 5.81. The third-order valence-corrected chi connectivity index (χ3v) is 5.30. The molecule has 0 amide bonds. The van der Waals surface area contributed by atoms with E-state index < -0.39 is 17.8 Å². The van der Waals surface area contributed by atoms with Crippen LogP contribution >= 0.6 is 0 Å². The van der Waals surface area contributed by atoms with Crippen LogP contribution in [0.15, 0.2) is 12.2 Å². The minimum Gasteiger partial charge on any atom is -0.481 e. The lowest BCUT2D eigenvalue weighted by Gasteiger charge is -2.26. The van der Waals surface area contributed by atoms with E-state index in [0.717, 1.165) is 32.1 Å².